The van der Waals surface area contributed by atoms with Crippen molar-refractivity contribution in [3.8, 4) is 22.6 Å². The van der Waals surface area contributed by atoms with Gasteiger partial charge in [0.25, 0.3) is 5.89 Å². The fourth-order valence-corrected chi connectivity index (χ4v) is 4.07. The minimum Gasteiger partial charge on any atom is -0.347 e. The first kappa shape index (κ1) is 25.3. The molecule has 3 aromatic rings. The summed E-state index contributed by atoms with van der Waals surface area (Å²) in [7, 11) is 0. The summed E-state index contributed by atoms with van der Waals surface area (Å²) < 4.78 is 72.9. The molecule has 7 nitrogen and oxygen atoms in total. The van der Waals surface area contributed by atoms with Gasteiger partial charge in [-0.1, -0.05) is 29.4 Å². The second-order valence-corrected chi connectivity index (χ2v) is 8.63. The second kappa shape index (κ2) is 9.32. The van der Waals surface area contributed by atoms with Gasteiger partial charge in [0.15, 0.2) is 5.82 Å². The summed E-state index contributed by atoms with van der Waals surface area (Å²) in [5.41, 5.74) is -1.05. The van der Waals surface area contributed by atoms with Crippen molar-refractivity contribution in [1.82, 2.24) is 20.8 Å². The quantitative estimate of drug-likeness (QED) is 0.468. The van der Waals surface area contributed by atoms with Crippen LogP contribution in [0, 0.1) is 18.6 Å². The fourth-order valence-electron chi connectivity index (χ4n) is 4.07. The lowest BCUT2D eigenvalue weighted by atomic mass is 9.75. The Hall–Kier alpha value is -3.83. The maximum Gasteiger partial charge on any atom is 0.471 e. The van der Waals surface area contributed by atoms with Crippen molar-refractivity contribution in [3.63, 3.8) is 0 Å². The largest absolute Gasteiger partial charge is 0.471 e. The summed E-state index contributed by atoms with van der Waals surface area (Å²) in [6.07, 6.45) is -4.61. The van der Waals surface area contributed by atoms with Gasteiger partial charge in [-0.05, 0) is 56.4 Å². The topological polar surface area (TPSA) is 97.1 Å². The first-order valence-electron chi connectivity index (χ1n) is 11.0. The van der Waals surface area contributed by atoms with Crippen molar-refractivity contribution >= 4 is 11.8 Å². The minimum absolute atomic E-state index is 0.000988. The number of hydrogen-bond donors (Lipinski definition) is 2. The molecule has 2 amide bonds. The molecule has 0 unspecified atom stereocenters. The van der Waals surface area contributed by atoms with Gasteiger partial charge in [0.05, 0.1) is 11.6 Å². The molecule has 190 valence electrons. The van der Waals surface area contributed by atoms with Gasteiger partial charge < -0.3 is 15.2 Å². The van der Waals surface area contributed by atoms with Gasteiger partial charge in [-0.3, -0.25) is 9.59 Å². The molecular formula is C24H21F5N4O3. The minimum atomic E-state index is -5.13. The van der Waals surface area contributed by atoms with Crippen LogP contribution >= 0.6 is 0 Å². The highest BCUT2D eigenvalue weighted by atomic mass is 19.4. The monoisotopic (exact) mass is 508 g/mol. The zero-order chi connectivity index (χ0) is 26.3. The number of halogens is 5. The summed E-state index contributed by atoms with van der Waals surface area (Å²) in [6, 6.07) is 7.30. The Morgan fingerprint density at radius 3 is 2.39 bits per heavy atom. The fraction of sp³-hybridized carbons (Fsp3) is 0.333. The van der Waals surface area contributed by atoms with Gasteiger partial charge in [-0.2, -0.15) is 18.2 Å². The Kier molecular flexibility index (Phi) is 6.54. The van der Waals surface area contributed by atoms with Crippen LogP contribution in [-0.2, 0) is 9.59 Å². The van der Waals surface area contributed by atoms with Crippen LogP contribution in [0.3, 0.4) is 0 Å². The second-order valence-electron chi connectivity index (χ2n) is 8.63. The van der Waals surface area contributed by atoms with Crippen LogP contribution in [0.15, 0.2) is 40.9 Å². The molecule has 1 aliphatic carbocycles. The smallest absolute Gasteiger partial charge is 0.347 e. The number of nitrogens with one attached hydrogen (secondary N) is 2. The summed E-state index contributed by atoms with van der Waals surface area (Å²) >= 11 is 0. The van der Waals surface area contributed by atoms with Gasteiger partial charge in [-0.15, -0.1) is 0 Å². The molecule has 0 spiro atoms. The van der Waals surface area contributed by atoms with E-state index >= 15 is 4.39 Å². The SMILES string of the molecule is Cc1noc(-c2c(F)cccc2-c2ccc([C@@H](C)NC(=O)C3(NC(=O)C(F)(F)F)CCC3)c(F)c2)n1. The van der Waals surface area contributed by atoms with Crippen LogP contribution in [0.2, 0.25) is 0 Å². The number of nitrogens with zero attached hydrogens (tertiary/aromatic N) is 2. The summed E-state index contributed by atoms with van der Waals surface area (Å²) in [5, 5.41) is 7.92. The number of aryl methyl sites for hydroxylation is 1. The van der Waals surface area contributed by atoms with E-state index in [4.69, 9.17) is 4.52 Å². The van der Waals surface area contributed by atoms with Crippen LogP contribution in [0.5, 0.6) is 0 Å². The third kappa shape index (κ3) is 4.79. The van der Waals surface area contributed by atoms with E-state index in [1.54, 1.807) is 18.3 Å². The highest BCUT2D eigenvalue weighted by Crippen LogP contribution is 2.36. The molecule has 0 saturated heterocycles. The average molecular weight is 508 g/mol. The van der Waals surface area contributed by atoms with E-state index in [9.17, 15) is 27.2 Å². The number of rotatable bonds is 6. The summed E-state index contributed by atoms with van der Waals surface area (Å²) in [5.74, 6) is -4.20. The molecule has 4 rings (SSSR count). The molecule has 36 heavy (non-hydrogen) atoms. The molecule has 1 atom stereocenters. The average Bonchev–Trinajstić information content (AvgIpc) is 3.20. The lowest BCUT2D eigenvalue weighted by Gasteiger charge is -2.41. The standard InChI is InChI=1S/C24H21F5N4O3/c1-12(30-21(34)23(9-4-10-23)32-22(35)24(27,28)29)15-8-7-14(11-18(15)26)16-5-3-6-17(25)19(16)20-31-13(2)33-36-20/h3,5-8,11-12H,4,9-10H2,1-2H3,(H,30,34)(H,32,35)/t12-/m1/s1. The Labute approximate surface area is 202 Å². The molecule has 2 N–H and O–H groups in total. The van der Waals surface area contributed by atoms with Crippen molar-refractivity contribution < 1.29 is 36.1 Å². The Morgan fingerprint density at radius 2 is 1.83 bits per heavy atom. The third-order valence-electron chi connectivity index (χ3n) is 6.13. The lowest BCUT2D eigenvalue weighted by molar-refractivity contribution is -0.177. The van der Waals surface area contributed by atoms with Gasteiger partial charge in [0, 0.05) is 5.56 Å². The van der Waals surface area contributed by atoms with Crippen molar-refractivity contribution in [2.24, 2.45) is 0 Å². The maximum absolute atomic E-state index is 15.1. The number of benzene rings is 2. The molecule has 0 radical (unpaired) electrons. The molecule has 1 fully saturated rings. The third-order valence-corrected chi connectivity index (χ3v) is 6.13. The van der Waals surface area contributed by atoms with Gasteiger partial charge >= 0.3 is 12.1 Å². The van der Waals surface area contributed by atoms with Gasteiger partial charge in [0.2, 0.25) is 5.91 Å². The Balaban J connectivity index is 1.57. The first-order chi connectivity index (χ1) is 16.9. The molecule has 1 aliphatic rings. The van der Waals surface area contributed by atoms with Crippen molar-refractivity contribution in [2.45, 2.75) is 50.9 Å². The Bertz CT molecular complexity index is 1320. The summed E-state index contributed by atoms with van der Waals surface area (Å²) in [4.78, 5) is 28.2. The van der Waals surface area contributed by atoms with Crippen LogP contribution in [0.1, 0.15) is 43.6 Å². The summed E-state index contributed by atoms with van der Waals surface area (Å²) in [6.45, 7) is 3.03. The van der Waals surface area contributed by atoms with Crippen LogP contribution in [0.25, 0.3) is 22.6 Å². The number of hydrogen-bond acceptors (Lipinski definition) is 5. The zero-order valence-electron chi connectivity index (χ0n) is 19.2. The van der Waals surface area contributed by atoms with E-state index in [0.717, 1.165) is 6.07 Å². The van der Waals surface area contributed by atoms with E-state index in [0.29, 0.717) is 23.4 Å². The first-order valence-corrected chi connectivity index (χ1v) is 11.0. The lowest BCUT2D eigenvalue weighted by Crippen LogP contribution is -2.64. The molecule has 1 aromatic heterocycles. The normalized spacial score (nSPS) is 15.6. The van der Waals surface area contributed by atoms with E-state index < -0.39 is 41.2 Å². The van der Waals surface area contributed by atoms with E-state index in [-0.39, 0.29) is 29.9 Å². The van der Waals surface area contributed by atoms with Gasteiger partial charge in [0.1, 0.15) is 17.2 Å². The number of carbonyl (C=O) groups excluding carboxylic acids is 2. The van der Waals surface area contributed by atoms with Crippen LogP contribution < -0.4 is 10.6 Å². The van der Waals surface area contributed by atoms with E-state index in [1.807, 2.05) is 0 Å². The molecule has 2 aromatic carbocycles. The highest BCUT2D eigenvalue weighted by Gasteiger charge is 2.50. The Morgan fingerprint density at radius 1 is 1.11 bits per heavy atom. The molecule has 1 saturated carbocycles. The van der Waals surface area contributed by atoms with Crippen molar-refractivity contribution in [2.75, 3.05) is 0 Å². The van der Waals surface area contributed by atoms with E-state index in [2.05, 4.69) is 15.5 Å². The van der Waals surface area contributed by atoms with Crippen LogP contribution in [-0.4, -0.2) is 33.7 Å². The van der Waals surface area contributed by atoms with Crippen molar-refractivity contribution in [3.05, 3.63) is 59.4 Å². The molecule has 0 bridgehead atoms. The van der Waals surface area contributed by atoms with E-state index in [1.165, 1.54) is 31.2 Å². The number of amides is 2. The highest BCUT2D eigenvalue weighted by molar-refractivity contribution is 5.94. The van der Waals surface area contributed by atoms with Crippen molar-refractivity contribution in [1.29, 1.82) is 0 Å². The molecular weight excluding hydrogens is 487 g/mol. The zero-order valence-corrected chi connectivity index (χ0v) is 19.2. The maximum atomic E-state index is 15.1. The predicted molar refractivity (Wildman–Crippen MR) is 117 cm³/mol. The number of aromatic nitrogens is 2. The van der Waals surface area contributed by atoms with Gasteiger partial charge in [-0.25, -0.2) is 8.78 Å². The molecule has 1 heterocycles. The molecule has 0 aliphatic heterocycles. The van der Waals surface area contributed by atoms with Crippen LogP contribution in [0.4, 0.5) is 22.0 Å². The number of alkyl halides is 3. The predicted octanol–water partition coefficient (Wildman–Crippen LogP) is 4.77. The number of carbonyl (C=O) groups is 2. The molecule has 12 heteroatoms.